The fourth-order valence-electron chi connectivity index (χ4n) is 1.90. The zero-order chi connectivity index (χ0) is 14.0. The Morgan fingerprint density at radius 1 is 1.40 bits per heavy atom. The van der Waals surface area contributed by atoms with Gasteiger partial charge in [-0.15, -0.1) is 0 Å². The van der Waals surface area contributed by atoms with Crippen LogP contribution in [0.15, 0.2) is 40.6 Å². The lowest BCUT2D eigenvalue weighted by Gasteiger charge is -2.12. The van der Waals surface area contributed by atoms with Gasteiger partial charge in [0.2, 0.25) is 5.91 Å². The molecule has 0 saturated heterocycles. The van der Waals surface area contributed by atoms with Gasteiger partial charge in [0.25, 0.3) is 0 Å². The summed E-state index contributed by atoms with van der Waals surface area (Å²) in [5.41, 5.74) is 6.11. The minimum atomic E-state index is -0.326. The van der Waals surface area contributed by atoms with E-state index in [1.165, 1.54) is 18.1 Å². The van der Waals surface area contributed by atoms with Crippen LogP contribution in [0.3, 0.4) is 0 Å². The van der Waals surface area contributed by atoms with Crippen LogP contribution < -0.4 is 11.1 Å². The van der Waals surface area contributed by atoms with Gasteiger partial charge in [-0.25, -0.2) is 4.98 Å². The lowest BCUT2D eigenvalue weighted by atomic mass is 10.1. The third kappa shape index (κ3) is 2.68. The van der Waals surface area contributed by atoms with Crippen molar-refractivity contribution >= 4 is 23.4 Å². The Hall–Kier alpha value is -1.86. The van der Waals surface area contributed by atoms with Gasteiger partial charge in [-0.1, -0.05) is 11.8 Å². The molecule has 1 aromatic carbocycles. The van der Waals surface area contributed by atoms with Crippen LogP contribution in [0.25, 0.3) is 0 Å². The van der Waals surface area contributed by atoms with Gasteiger partial charge in [-0.2, -0.15) is 5.10 Å². The molecule has 1 aromatic heterocycles. The fourth-order valence-corrected chi connectivity index (χ4v) is 2.59. The zero-order valence-corrected chi connectivity index (χ0v) is 11.6. The van der Waals surface area contributed by atoms with Crippen molar-refractivity contribution in [1.82, 2.24) is 15.2 Å². The first kappa shape index (κ1) is 13.1. The van der Waals surface area contributed by atoms with E-state index >= 15 is 0 Å². The van der Waals surface area contributed by atoms with E-state index in [2.05, 4.69) is 20.5 Å². The van der Waals surface area contributed by atoms with Crippen molar-refractivity contribution in [2.45, 2.75) is 22.9 Å². The average molecular weight is 289 g/mol. The van der Waals surface area contributed by atoms with Gasteiger partial charge in [0.05, 0.1) is 5.41 Å². The minimum Gasteiger partial charge on any atom is -0.329 e. The van der Waals surface area contributed by atoms with Gasteiger partial charge in [-0.3, -0.25) is 9.89 Å². The molecule has 0 bridgehead atoms. The third-order valence-electron chi connectivity index (χ3n) is 3.45. The second-order valence-corrected chi connectivity index (χ2v) is 5.92. The van der Waals surface area contributed by atoms with Crippen molar-refractivity contribution in [1.29, 1.82) is 0 Å². The Morgan fingerprint density at radius 2 is 2.15 bits per heavy atom. The molecular weight excluding hydrogens is 274 g/mol. The molecule has 2 aromatic rings. The highest BCUT2D eigenvalue weighted by Gasteiger charge is 2.48. The normalized spacial score (nSPS) is 15.8. The maximum absolute atomic E-state index is 12.0. The van der Waals surface area contributed by atoms with Crippen LogP contribution >= 0.6 is 11.8 Å². The van der Waals surface area contributed by atoms with Crippen molar-refractivity contribution in [3.8, 4) is 0 Å². The summed E-state index contributed by atoms with van der Waals surface area (Å²) < 4.78 is 0. The number of rotatable bonds is 5. The van der Waals surface area contributed by atoms with Crippen LogP contribution in [0, 0.1) is 5.41 Å². The summed E-state index contributed by atoms with van der Waals surface area (Å²) in [7, 11) is 0. The van der Waals surface area contributed by atoms with Gasteiger partial charge in [0.1, 0.15) is 6.33 Å². The highest BCUT2D eigenvalue weighted by molar-refractivity contribution is 7.99. The molecule has 0 spiro atoms. The number of benzene rings is 1. The molecule has 1 amide bonds. The number of carbonyl (C=O) groups is 1. The molecule has 1 fully saturated rings. The van der Waals surface area contributed by atoms with Crippen LogP contribution in [0.4, 0.5) is 5.69 Å². The lowest BCUT2D eigenvalue weighted by molar-refractivity contribution is -0.120. The van der Waals surface area contributed by atoms with E-state index in [1.54, 1.807) is 0 Å². The number of nitrogens with one attached hydrogen (secondary N) is 2. The molecule has 3 rings (SSSR count). The van der Waals surface area contributed by atoms with Crippen molar-refractivity contribution in [2.24, 2.45) is 11.1 Å². The van der Waals surface area contributed by atoms with E-state index in [-0.39, 0.29) is 11.3 Å². The summed E-state index contributed by atoms with van der Waals surface area (Å²) in [6, 6.07) is 7.63. The summed E-state index contributed by atoms with van der Waals surface area (Å²) in [5.74, 6) is 0.0237. The van der Waals surface area contributed by atoms with E-state index in [0.717, 1.165) is 28.6 Å². The largest absolute Gasteiger partial charge is 0.329 e. The number of H-pyrrole nitrogens is 1. The molecule has 0 aliphatic heterocycles. The summed E-state index contributed by atoms with van der Waals surface area (Å²) in [6.45, 7) is 0.415. The number of hydrogen-bond donors (Lipinski definition) is 3. The molecule has 0 radical (unpaired) electrons. The summed E-state index contributed by atoms with van der Waals surface area (Å²) >= 11 is 1.48. The van der Waals surface area contributed by atoms with E-state index < -0.39 is 0 Å². The number of carbonyl (C=O) groups excluding carboxylic acids is 1. The summed E-state index contributed by atoms with van der Waals surface area (Å²) in [6.07, 6.45) is 3.24. The standard InChI is InChI=1S/C13H15N5OS/c14-7-13(5-6-13)11(19)17-9-1-3-10(4-2-9)20-12-15-8-16-18-12/h1-4,8H,5-7,14H2,(H,17,19)(H,15,16,18). The topological polar surface area (TPSA) is 96.7 Å². The molecule has 0 unspecified atom stereocenters. The smallest absolute Gasteiger partial charge is 0.231 e. The Morgan fingerprint density at radius 3 is 2.70 bits per heavy atom. The van der Waals surface area contributed by atoms with Crippen LogP contribution in [-0.2, 0) is 4.79 Å². The van der Waals surface area contributed by atoms with Crippen molar-refractivity contribution in [3.05, 3.63) is 30.6 Å². The maximum Gasteiger partial charge on any atom is 0.231 e. The summed E-state index contributed by atoms with van der Waals surface area (Å²) in [4.78, 5) is 17.1. The summed E-state index contributed by atoms with van der Waals surface area (Å²) in [5, 5.41) is 10.2. The Kier molecular flexibility index (Phi) is 3.45. The quantitative estimate of drug-likeness (QED) is 0.777. The van der Waals surface area contributed by atoms with Crippen LogP contribution in [0.2, 0.25) is 0 Å². The number of aromatic nitrogens is 3. The molecule has 1 aliphatic rings. The second kappa shape index (κ2) is 5.26. The number of anilines is 1. The van der Waals surface area contributed by atoms with Crippen LogP contribution in [0.1, 0.15) is 12.8 Å². The molecule has 1 heterocycles. The fraction of sp³-hybridized carbons (Fsp3) is 0.308. The molecule has 20 heavy (non-hydrogen) atoms. The van der Waals surface area contributed by atoms with Crippen molar-refractivity contribution in [2.75, 3.05) is 11.9 Å². The molecule has 7 heteroatoms. The van der Waals surface area contributed by atoms with E-state index in [0.29, 0.717) is 6.54 Å². The highest BCUT2D eigenvalue weighted by Crippen LogP contribution is 2.45. The second-order valence-electron chi connectivity index (χ2n) is 4.86. The molecule has 1 saturated carbocycles. The van der Waals surface area contributed by atoms with Gasteiger partial charge in [-0.05, 0) is 37.1 Å². The molecule has 6 nitrogen and oxygen atoms in total. The predicted octanol–water partition coefficient (Wildman–Crippen LogP) is 1.63. The highest BCUT2D eigenvalue weighted by atomic mass is 32.2. The first-order valence-corrected chi connectivity index (χ1v) is 7.18. The molecular formula is C13H15N5OS. The van der Waals surface area contributed by atoms with E-state index in [9.17, 15) is 4.79 Å². The molecule has 4 N–H and O–H groups in total. The number of hydrogen-bond acceptors (Lipinski definition) is 5. The first-order valence-electron chi connectivity index (χ1n) is 6.37. The first-order chi connectivity index (χ1) is 9.72. The number of amides is 1. The van der Waals surface area contributed by atoms with Crippen LogP contribution in [-0.4, -0.2) is 27.6 Å². The number of nitrogens with zero attached hydrogens (tertiary/aromatic N) is 2. The minimum absolute atomic E-state index is 0.0237. The van der Waals surface area contributed by atoms with Gasteiger partial charge >= 0.3 is 0 Å². The zero-order valence-electron chi connectivity index (χ0n) is 10.8. The van der Waals surface area contributed by atoms with Gasteiger partial charge < -0.3 is 11.1 Å². The van der Waals surface area contributed by atoms with Crippen molar-refractivity contribution < 1.29 is 4.79 Å². The SMILES string of the molecule is NCC1(C(=O)Nc2ccc(Sc3ncn[nH]3)cc2)CC1. The van der Waals surface area contributed by atoms with E-state index in [1.807, 2.05) is 24.3 Å². The maximum atomic E-state index is 12.0. The van der Waals surface area contributed by atoms with E-state index in [4.69, 9.17) is 5.73 Å². The molecule has 104 valence electrons. The Bertz CT molecular complexity index is 592. The Labute approximate surface area is 120 Å². The van der Waals surface area contributed by atoms with Gasteiger partial charge in [0, 0.05) is 17.1 Å². The average Bonchev–Trinajstić information content (AvgIpc) is 3.12. The predicted molar refractivity (Wildman–Crippen MR) is 76.3 cm³/mol. The Balaban J connectivity index is 1.63. The molecule has 1 aliphatic carbocycles. The number of aromatic amines is 1. The number of nitrogens with two attached hydrogens (primary N) is 1. The molecule has 0 atom stereocenters. The monoisotopic (exact) mass is 289 g/mol. The lowest BCUT2D eigenvalue weighted by Crippen LogP contribution is -2.30. The van der Waals surface area contributed by atoms with Gasteiger partial charge in [0.15, 0.2) is 5.16 Å². The van der Waals surface area contributed by atoms with Crippen molar-refractivity contribution in [3.63, 3.8) is 0 Å². The third-order valence-corrected chi connectivity index (χ3v) is 4.34. The van der Waals surface area contributed by atoms with Crippen LogP contribution in [0.5, 0.6) is 0 Å².